The molecule has 2 aromatic carbocycles. The molecule has 5 nitrogen and oxygen atoms in total. The van der Waals surface area contributed by atoms with Crippen LogP contribution in [-0.4, -0.2) is 31.4 Å². The molecule has 0 aliphatic rings. The largest absolute Gasteiger partial charge is 0.325 e. The Morgan fingerprint density at radius 1 is 1.08 bits per heavy atom. The average molecular weight is 401 g/mol. The molecule has 0 atom stereocenters. The summed E-state index contributed by atoms with van der Waals surface area (Å²) in [5.41, 5.74) is 2.28. The highest BCUT2D eigenvalue weighted by atomic mass is 35.5. The van der Waals surface area contributed by atoms with Crippen molar-refractivity contribution in [2.75, 3.05) is 18.1 Å². The molecule has 0 saturated carbocycles. The average Bonchev–Trinajstić information content (AvgIpc) is 2.46. The molecule has 0 aliphatic carbocycles. The first-order chi connectivity index (χ1) is 11.6. The molecule has 0 radical (unpaired) electrons. The predicted molar refractivity (Wildman–Crippen MR) is 102 cm³/mol. The van der Waals surface area contributed by atoms with Gasteiger partial charge < -0.3 is 5.32 Å². The molecular formula is C17H18Cl2N2O3S. The monoisotopic (exact) mass is 400 g/mol. The highest BCUT2D eigenvalue weighted by Crippen LogP contribution is 2.22. The van der Waals surface area contributed by atoms with E-state index in [1.165, 1.54) is 12.1 Å². The number of halogens is 2. The van der Waals surface area contributed by atoms with Crippen molar-refractivity contribution in [3.05, 3.63) is 63.6 Å². The summed E-state index contributed by atoms with van der Waals surface area (Å²) in [6.45, 7) is 1.75. The molecule has 1 N–H and O–H groups in total. The van der Waals surface area contributed by atoms with Gasteiger partial charge in [-0.05, 0) is 30.7 Å². The van der Waals surface area contributed by atoms with Crippen LogP contribution in [0.1, 0.15) is 11.1 Å². The normalized spacial score (nSPS) is 11.6. The maximum absolute atomic E-state index is 12.2. The zero-order valence-corrected chi connectivity index (χ0v) is 16.1. The van der Waals surface area contributed by atoms with Crippen LogP contribution < -0.4 is 5.32 Å². The zero-order valence-electron chi connectivity index (χ0n) is 13.8. The van der Waals surface area contributed by atoms with Crippen molar-refractivity contribution in [1.82, 2.24) is 4.31 Å². The smallest absolute Gasteiger partial charge is 0.239 e. The molecule has 8 heteroatoms. The van der Waals surface area contributed by atoms with E-state index in [0.717, 1.165) is 21.7 Å². The van der Waals surface area contributed by atoms with Crippen LogP contribution in [0.4, 0.5) is 5.69 Å². The molecule has 25 heavy (non-hydrogen) atoms. The van der Waals surface area contributed by atoms with E-state index in [9.17, 15) is 13.2 Å². The molecule has 0 saturated heterocycles. The van der Waals surface area contributed by atoms with Gasteiger partial charge in [-0.25, -0.2) is 8.42 Å². The Labute approximate surface area is 157 Å². The lowest BCUT2D eigenvalue weighted by Gasteiger charge is -2.20. The quantitative estimate of drug-likeness (QED) is 0.803. The van der Waals surface area contributed by atoms with E-state index in [-0.39, 0.29) is 13.1 Å². The lowest BCUT2D eigenvalue weighted by molar-refractivity contribution is -0.116. The molecule has 134 valence electrons. The highest BCUT2D eigenvalue weighted by molar-refractivity contribution is 7.88. The topological polar surface area (TPSA) is 66.5 Å². The van der Waals surface area contributed by atoms with Crippen molar-refractivity contribution in [2.45, 2.75) is 13.5 Å². The van der Waals surface area contributed by atoms with Gasteiger partial charge >= 0.3 is 0 Å². The molecule has 2 aromatic rings. The molecule has 0 spiro atoms. The Morgan fingerprint density at radius 2 is 1.64 bits per heavy atom. The van der Waals surface area contributed by atoms with Crippen LogP contribution in [0.3, 0.4) is 0 Å². The van der Waals surface area contributed by atoms with Gasteiger partial charge in [0.15, 0.2) is 0 Å². The Kier molecular flexibility index (Phi) is 6.46. The molecule has 0 aromatic heterocycles. The van der Waals surface area contributed by atoms with Gasteiger partial charge in [-0.3, -0.25) is 4.79 Å². The number of amides is 1. The zero-order chi connectivity index (χ0) is 18.6. The summed E-state index contributed by atoms with van der Waals surface area (Å²) in [6, 6.07) is 12.1. The molecule has 0 aliphatic heterocycles. The summed E-state index contributed by atoms with van der Waals surface area (Å²) in [5.74, 6) is -0.476. The molecule has 1 amide bonds. The molecule has 0 unspecified atom stereocenters. The summed E-state index contributed by atoms with van der Waals surface area (Å²) in [5, 5.41) is 3.36. The maximum atomic E-state index is 12.2. The Bertz CT molecular complexity index is 848. The van der Waals surface area contributed by atoms with Crippen molar-refractivity contribution in [1.29, 1.82) is 0 Å². The molecule has 0 fully saturated rings. The van der Waals surface area contributed by atoms with E-state index in [1.807, 2.05) is 31.2 Å². The van der Waals surface area contributed by atoms with Gasteiger partial charge in [-0.15, -0.1) is 0 Å². The van der Waals surface area contributed by atoms with Crippen LogP contribution in [0, 0.1) is 6.92 Å². The van der Waals surface area contributed by atoms with Gasteiger partial charge in [-0.1, -0.05) is 53.0 Å². The number of sulfonamides is 1. The van der Waals surface area contributed by atoms with Crippen molar-refractivity contribution >= 4 is 44.8 Å². The van der Waals surface area contributed by atoms with Gasteiger partial charge in [0.2, 0.25) is 15.9 Å². The number of carbonyl (C=O) groups excluding carboxylic acids is 1. The Morgan fingerprint density at radius 3 is 2.16 bits per heavy atom. The highest BCUT2D eigenvalue weighted by Gasteiger charge is 2.20. The van der Waals surface area contributed by atoms with Gasteiger partial charge in [0, 0.05) is 22.3 Å². The lowest BCUT2D eigenvalue weighted by Crippen LogP contribution is -2.36. The summed E-state index contributed by atoms with van der Waals surface area (Å²) >= 11 is 11.8. The first-order valence-electron chi connectivity index (χ1n) is 7.40. The minimum Gasteiger partial charge on any atom is -0.325 e. The predicted octanol–water partition coefficient (Wildman–Crippen LogP) is 3.70. The van der Waals surface area contributed by atoms with Gasteiger partial charge in [0.25, 0.3) is 0 Å². The van der Waals surface area contributed by atoms with E-state index in [4.69, 9.17) is 23.2 Å². The standard InChI is InChI=1S/C17H18Cl2N2O3S/c1-12-3-5-13(6-4-12)10-21(25(2,23)24)11-17(22)20-16-8-14(18)7-15(19)9-16/h3-9H,10-11H2,1-2H3,(H,20,22). The van der Waals surface area contributed by atoms with Crippen molar-refractivity contribution < 1.29 is 13.2 Å². The number of hydrogen-bond acceptors (Lipinski definition) is 3. The van der Waals surface area contributed by atoms with E-state index < -0.39 is 15.9 Å². The number of carbonyl (C=O) groups is 1. The number of nitrogens with one attached hydrogen (secondary N) is 1. The fraction of sp³-hybridized carbons (Fsp3) is 0.235. The number of anilines is 1. The summed E-state index contributed by atoms with van der Waals surface area (Å²) in [6.07, 6.45) is 1.07. The van der Waals surface area contributed by atoms with Gasteiger partial charge in [-0.2, -0.15) is 4.31 Å². The second kappa shape index (κ2) is 8.19. The molecular weight excluding hydrogens is 383 g/mol. The fourth-order valence-corrected chi connectivity index (χ4v) is 3.44. The van der Waals surface area contributed by atoms with Crippen LogP contribution in [0.5, 0.6) is 0 Å². The number of aryl methyl sites for hydroxylation is 1. The van der Waals surface area contributed by atoms with E-state index >= 15 is 0 Å². The second-order valence-corrected chi connectivity index (χ2v) is 8.58. The fourth-order valence-electron chi connectivity index (χ4n) is 2.17. The van der Waals surface area contributed by atoms with Crippen LogP contribution in [0.25, 0.3) is 0 Å². The molecule has 0 bridgehead atoms. The van der Waals surface area contributed by atoms with Crippen LogP contribution in [0.2, 0.25) is 10.0 Å². The van der Waals surface area contributed by atoms with Gasteiger partial charge in [0.05, 0.1) is 12.8 Å². The number of rotatable bonds is 6. The molecule has 2 rings (SSSR count). The first kappa shape index (κ1) is 19.7. The third kappa shape index (κ3) is 6.32. The van der Waals surface area contributed by atoms with Crippen LogP contribution in [-0.2, 0) is 21.4 Å². The maximum Gasteiger partial charge on any atom is 0.239 e. The van der Waals surface area contributed by atoms with E-state index in [2.05, 4.69) is 5.32 Å². The van der Waals surface area contributed by atoms with Crippen molar-refractivity contribution in [3.8, 4) is 0 Å². The SMILES string of the molecule is Cc1ccc(CN(CC(=O)Nc2cc(Cl)cc(Cl)c2)S(C)(=O)=O)cc1. The third-order valence-electron chi connectivity index (χ3n) is 3.41. The van der Waals surface area contributed by atoms with Crippen molar-refractivity contribution in [3.63, 3.8) is 0 Å². The minimum absolute atomic E-state index is 0.114. The third-order valence-corrected chi connectivity index (χ3v) is 5.05. The summed E-state index contributed by atoms with van der Waals surface area (Å²) in [4.78, 5) is 12.2. The van der Waals surface area contributed by atoms with Crippen molar-refractivity contribution in [2.24, 2.45) is 0 Å². The van der Waals surface area contributed by atoms with Crippen LogP contribution >= 0.6 is 23.2 Å². The van der Waals surface area contributed by atoms with E-state index in [1.54, 1.807) is 6.07 Å². The second-order valence-electron chi connectivity index (χ2n) is 5.72. The Hall–Kier alpha value is -1.60. The van der Waals surface area contributed by atoms with Crippen LogP contribution in [0.15, 0.2) is 42.5 Å². The summed E-state index contributed by atoms with van der Waals surface area (Å²) < 4.78 is 25.1. The van der Waals surface area contributed by atoms with Gasteiger partial charge in [0.1, 0.15) is 0 Å². The minimum atomic E-state index is -3.56. The Balaban J connectivity index is 2.11. The lowest BCUT2D eigenvalue weighted by atomic mass is 10.1. The number of benzene rings is 2. The number of nitrogens with zero attached hydrogens (tertiary/aromatic N) is 1. The first-order valence-corrected chi connectivity index (χ1v) is 10.0. The number of hydrogen-bond donors (Lipinski definition) is 1. The molecule has 0 heterocycles. The van der Waals surface area contributed by atoms with E-state index in [0.29, 0.717) is 15.7 Å². The summed E-state index contributed by atoms with van der Waals surface area (Å²) in [7, 11) is -3.56.